The number of anilines is 1. The van der Waals surface area contributed by atoms with Gasteiger partial charge in [-0.25, -0.2) is 4.98 Å². The first-order valence-electron chi connectivity index (χ1n) is 6.92. The van der Waals surface area contributed by atoms with Crippen molar-refractivity contribution in [1.82, 2.24) is 4.98 Å². The molecule has 0 aliphatic rings. The molecule has 0 bridgehead atoms. The third-order valence-corrected chi connectivity index (χ3v) is 4.05. The maximum atomic E-state index is 10.6. The van der Waals surface area contributed by atoms with E-state index >= 15 is 0 Å². The van der Waals surface area contributed by atoms with Gasteiger partial charge in [0.05, 0.1) is 10.6 Å². The molecular formula is C14H17N5O2S. The van der Waals surface area contributed by atoms with E-state index in [1.807, 2.05) is 19.1 Å². The van der Waals surface area contributed by atoms with E-state index in [2.05, 4.69) is 40.0 Å². The molecule has 0 N–H and O–H groups in total. The van der Waals surface area contributed by atoms with Crippen molar-refractivity contribution in [2.45, 2.75) is 20.8 Å². The normalized spacial score (nSPS) is 11.0. The van der Waals surface area contributed by atoms with Crippen LogP contribution in [0.5, 0.6) is 0 Å². The molecule has 1 heterocycles. The average Bonchev–Trinajstić information content (AvgIpc) is 2.97. The molecule has 0 aliphatic heterocycles. The molecule has 0 spiro atoms. The minimum absolute atomic E-state index is 0.0393. The lowest BCUT2D eigenvalue weighted by molar-refractivity contribution is -0.380. The molecule has 22 heavy (non-hydrogen) atoms. The fourth-order valence-electron chi connectivity index (χ4n) is 2.02. The van der Waals surface area contributed by atoms with Gasteiger partial charge in [0.2, 0.25) is 5.13 Å². The van der Waals surface area contributed by atoms with Crippen LogP contribution in [0.2, 0.25) is 0 Å². The molecule has 0 amide bonds. The van der Waals surface area contributed by atoms with E-state index < -0.39 is 4.92 Å². The van der Waals surface area contributed by atoms with Gasteiger partial charge in [-0.3, -0.25) is 10.1 Å². The molecule has 8 heteroatoms. The van der Waals surface area contributed by atoms with Gasteiger partial charge >= 0.3 is 5.00 Å². The fraction of sp³-hybridized carbons (Fsp3) is 0.357. The number of benzene rings is 1. The maximum absolute atomic E-state index is 10.6. The molecule has 2 aromatic rings. The van der Waals surface area contributed by atoms with Crippen molar-refractivity contribution in [1.29, 1.82) is 0 Å². The molecule has 0 fully saturated rings. The molecule has 1 aromatic carbocycles. The van der Waals surface area contributed by atoms with Gasteiger partial charge in [-0.15, -0.1) is 10.2 Å². The second kappa shape index (κ2) is 7.08. The van der Waals surface area contributed by atoms with Gasteiger partial charge in [0, 0.05) is 18.8 Å². The van der Waals surface area contributed by atoms with Crippen LogP contribution in [0.15, 0.2) is 34.6 Å². The van der Waals surface area contributed by atoms with E-state index in [1.165, 1.54) is 6.20 Å². The zero-order chi connectivity index (χ0) is 16.1. The Morgan fingerprint density at radius 2 is 2.05 bits per heavy atom. The molecule has 1 aromatic heterocycles. The molecule has 2 rings (SSSR count). The highest BCUT2D eigenvalue weighted by molar-refractivity contribution is 7.18. The smallest absolute Gasteiger partial charge is 0.345 e. The first kappa shape index (κ1) is 16.0. The largest absolute Gasteiger partial charge is 0.372 e. The van der Waals surface area contributed by atoms with E-state index in [9.17, 15) is 10.1 Å². The number of nitro groups is 1. The minimum Gasteiger partial charge on any atom is -0.372 e. The predicted molar refractivity (Wildman–Crippen MR) is 87.7 cm³/mol. The lowest BCUT2D eigenvalue weighted by Crippen LogP contribution is -2.21. The highest BCUT2D eigenvalue weighted by atomic mass is 32.1. The van der Waals surface area contributed by atoms with Crippen LogP contribution in [-0.4, -0.2) is 23.0 Å². The number of hydrogen-bond donors (Lipinski definition) is 0. The lowest BCUT2D eigenvalue weighted by Gasteiger charge is -2.21. The van der Waals surface area contributed by atoms with Crippen molar-refractivity contribution in [3.8, 4) is 0 Å². The van der Waals surface area contributed by atoms with Gasteiger partial charge in [0.1, 0.15) is 6.20 Å². The van der Waals surface area contributed by atoms with E-state index in [-0.39, 0.29) is 10.1 Å². The van der Waals surface area contributed by atoms with Crippen LogP contribution in [0, 0.1) is 17.0 Å². The summed E-state index contributed by atoms with van der Waals surface area (Å²) in [4.78, 5) is 16.2. The Labute approximate surface area is 132 Å². The van der Waals surface area contributed by atoms with Gasteiger partial charge in [-0.1, -0.05) is 0 Å². The summed E-state index contributed by atoms with van der Waals surface area (Å²) < 4.78 is 0. The van der Waals surface area contributed by atoms with Crippen LogP contribution in [0.4, 0.5) is 21.5 Å². The topological polar surface area (TPSA) is 84.0 Å². The van der Waals surface area contributed by atoms with Crippen LogP contribution in [-0.2, 0) is 0 Å². The summed E-state index contributed by atoms with van der Waals surface area (Å²) in [6.45, 7) is 8.08. The van der Waals surface area contributed by atoms with Crippen molar-refractivity contribution in [2.75, 3.05) is 18.0 Å². The summed E-state index contributed by atoms with van der Waals surface area (Å²) in [7, 11) is 0. The number of thiazole rings is 1. The van der Waals surface area contributed by atoms with Crippen molar-refractivity contribution in [3.63, 3.8) is 0 Å². The van der Waals surface area contributed by atoms with Crippen molar-refractivity contribution in [2.24, 2.45) is 10.2 Å². The summed E-state index contributed by atoms with van der Waals surface area (Å²) in [6, 6.07) is 5.96. The van der Waals surface area contributed by atoms with Crippen LogP contribution in [0.25, 0.3) is 0 Å². The third kappa shape index (κ3) is 3.64. The van der Waals surface area contributed by atoms with Crippen LogP contribution < -0.4 is 4.90 Å². The first-order valence-corrected chi connectivity index (χ1v) is 7.74. The highest BCUT2D eigenvalue weighted by Crippen LogP contribution is 2.30. The van der Waals surface area contributed by atoms with Crippen molar-refractivity contribution >= 4 is 32.8 Å². The maximum Gasteiger partial charge on any atom is 0.345 e. The molecular weight excluding hydrogens is 302 g/mol. The second-order valence-electron chi connectivity index (χ2n) is 4.58. The second-order valence-corrected chi connectivity index (χ2v) is 5.57. The number of aryl methyl sites for hydroxylation is 1. The van der Waals surface area contributed by atoms with E-state index in [4.69, 9.17) is 0 Å². The molecule has 7 nitrogen and oxygen atoms in total. The molecule has 0 aliphatic carbocycles. The van der Waals surface area contributed by atoms with Crippen LogP contribution >= 0.6 is 11.3 Å². The lowest BCUT2D eigenvalue weighted by atomic mass is 10.1. The van der Waals surface area contributed by atoms with Gasteiger partial charge in [-0.05, 0) is 55.9 Å². The number of aromatic nitrogens is 1. The number of azo groups is 1. The SMILES string of the molecule is CCN(CC)c1ccc(N=Nc2ncc([N+](=O)[O-])s2)c(C)c1. The van der Waals surface area contributed by atoms with Crippen molar-refractivity contribution < 1.29 is 4.92 Å². The fourth-order valence-corrected chi connectivity index (χ4v) is 2.58. The van der Waals surface area contributed by atoms with Crippen LogP contribution in [0.1, 0.15) is 19.4 Å². The molecule has 0 saturated carbocycles. The van der Waals surface area contributed by atoms with Crippen LogP contribution in [0.3, 0.4) is 0 Å². The molecule has 0 atom stereocenters. The van der Waals surface area contributed by atoms with Gasteiger partial charge in [-0.2, -0.15) is 0 Å². The average molecular weight is 319 g/mol. The first-order chi connectivity index (χ1) is 10.5. The summed E-state index contributed by atoms with van der Waals surface area (Å²) in [5, 5.41) is 18.9. The summed E-state index contributed by atoms with van der Waals surface area (Å²) in [5.41, 5.74) is 2.87. The number of rotatable bonds is 6. The molecule has 0 unspecified atom stereocenters. The van der Waals surface area contributed by atoms with Gasteiger partial charge in [0.15, 0.2) is 0 Å². The predicted octanol–water partition coefficient (Wildman–Crippen LogP) is 4.62. The monoisotopic (exact) mass is 319 g/mol. The third-order valence-electron chi connectivity index (χ3n) is 3.21. The van der Waals surface area contributed by atoms with E-state index in [1.54, 1.807) is 0 Å². The molecule has 116 valence electrons. The summed E-state index contributed by atoms with van der Waals surface area (Å²) in [5.74, 6) is 0. The van der Waals surface area contributed by atoms with Gasteiger partial charge in [0.25, 0.3) is 0 Å². The Morgan fingerprint density at radius 1 is 1.32 bits per heavy atom. The zero-order valence-electron chi connectivity index (χ0n) is 12.7. The summed E-state index contributed by atoms with van der Waals surface area (Å²) in [6.07, 6.45) is 1.19. The van der Waals surface area contributed by atoms with E-state index in [0.29, 0.717) is 0 Å². The Kier molecular flexibility index (Phi) is 5.16. The molecule has 0 saturated heterocycles. The Morgan fingerprint density at radius 3 is 2.59 bits per heavy atom. The highest BCUT2D eigenvalue weighted by Gasteiger charge is 2.11. The van der Waals surface area contributed by atoms with Gasteiger partial charge < -0.3 is 4.90 Å². The Balaban J connectivity index is 2.18. The minimum atomic E-state index is -0.485. The number of hydrogen-bond acceptors (Lipinski definition) is 7. The Hall–Kier alpha value is -2.35. The van der Waals surface area contributed by atoms with E-state index in [0.717, 1.165) is 41.4 Å². The standard InChI is InChI=1S/C14H17N5O2S/c1-4-18(5-2)11-6-7-12(10(3)8-11)16-17-14-15-9-13(22-14)19(20)21/h6-9H,4-5H2,1-3H3. The Bertz CT molecular complexity index is 694. The van der Waals surface area contributed by atoms with Crippen molar-refractivity contribution in [3.05, 3.63) is 40.1 Å². The zero-order valence-corrected chi connectivity index (χ0v) is 13.5. The quantitative estimate of drug-likeness (QED) is 0.441. The number of nitrogens with zero attached hydrogens (tertiary/aromatic N) is 5. The summed E-state index contributed by atoms with van der Waals surface area (Å²) >= 11 is 0.903. The molecule has 0 radical (unpaired) electrons.